The van der Waals surface area contributed by atoms with Gasteiger partial charge in [-0.05, 0) is 34.1 Å². The molecular formula is C13H11BrN4O2. The van der Waals surface area contributed by atoms with E-state index in [9.17, 15) is 0 Å². The molecule has 0 bridgehead atoms. The Morgan fingerprint density at radius 3 is 2.80 bits per heavy atom. The first-order valence-electron chi connectivity index (χ1n) is 5.81. The van der Waals surface area contributed by atoms with Gasteiger partial charge in [-0.2, -0.15) is 14.6 Å². The zero-order valence-electron chi connectivity index (χ0n) is 10.9. The van der Waals surface area contributed by atoms with Crippen LogP contribution in [0.4, 0.5) is 0 Å². The maximum atomic E-state index is 5.34. The molecule has 0 radical (unpaired) electrons. The fraction of sp³-hybridized carbons (Fsp3) is 0.154. The lowest BCUT2D eigenvalue weighted by molar-refractivity contribution is 0.367. The number of hydrogen-bond acceptors (Lipinski definition) is 5. The molecule has 0 atom stereocenters. The first-order valence-corrected chi connectivity index (χ1v) is 6.61. The van der Waals surface area contributed by atoms with Gasteiger partial charge in [0.15, 0.2) is 0 Å². The summed E-state index contributed by atoms with van der Waals surface area (Å²) in [5.74, 6) is 0.645. The predicted molar refractivity (Wildman–Crippen MR) is 77.0 cm³/mol. The minimum Gasteiger partial charge on any atom is -0.494 e. The molecule has 0 aliphatic rings. The summed E-state index contributed by atoms with van der Waals surface area (Å²) in [4.78, 5) is 8.61. The second-order valence-corrected chi connectivity index (χ2v) is 4.82. The molecular weight excluding hydrogens is 324 g/mol. The van der Waals surface area contributed by atoms with E-state index in [1.165, 1.54) is 0 Å². The second-order valence-electron chi connectivity index (χ2n) is 4.00. The first-order chi connectivity index (χ1) is 9.72. The van der Waals surface area contributed by atoms with E-state index in [1.54, 1.807) is 31.1 Å². The van der Waals surface area contributed by atoms with Gasteiger partial charge in [0, 0.05) is 5.56 Å². The smallest absolute Gasteiger partial charge is 0.318 e. The lowest BCUT2D eigenvalue weighted by atomic mass is 10.1. The van der Waals surface area contributed by atoms with E-state index in [-0.39, 0.29) is 0 Å². The summed E-state index contributed by atoms with van der Waals surface area (Å²) >= 11 is 3.36. The molecule has 0 aliphatic carbocycles. The van der Waals surface area contributed by atoms with E-state index < -0.39 is 0 Å². The second kappa shape index (κ2) is 5.09. The van der Waals surface area contributed by atoms with Crippen LogP contribution in [0.25, 0.3) is 16.8 Å². The topological polar surface area (TPSA) is 61.5 Å². The number of fused-ring (bicyclic) bond motifs is 1. The van der Waals surface area contributed by atoms with E-state index in [2.05, 4.69) is 31.0 Å². The van der Waals surface area contributed by atoms with Gasteiger partial charge in [-0.1, -0.05) is 0 Å². The van der Waals surface area contributed by atoms with Crippen LogP contribution in [-0.4, -0.2) is 33.8 Å². The normalized spacial score (nSPS) is 10.8. The van der Waals surface area contributed by atoms with Gasteiger partial charge in [0.2, 0.25) is 0 Å². The molecule has 0 saturated heterocycles. The SMILES string of the molecule is COc1cnc(Br)cc1-c1cc2ccnn2c(OC)n1. The van der Waals surface area contributed by atoms with Gasteiger partial charge < -0.3 is 9.47 Å². The highest BCUT2D eigenvalue weighted by atomic mass is 79.9. The molecule has 3 heterocycles. The number of nitrogens with zero attached hydrogens (tertiary/aromatic N) is 4. The zero-order valence-corrected chi connectivity index (χ0v) is 12.5. The fourth-order valence-electron chi connectivity index (χ4n) is 1.96. The molecule has 0 spiro atoms. The van der Waals surface area contributed by atoms with E-state index in [0.717, 1.165) is 16.8 Å². The molecule has 0 aromatic carbocycles. The Balaban J connectivity index is 2.26. The third-order valence-corrected chi connectivity index (χ3v) is 3.30. The average Bonchev–Trinajstić information content (AvgIpc) is 2.94. The lowest BCUT2D eigenvalue weighted by Gasteiger charge is -2.10. The highest BCUT2D eigenvalue weighted by Crippen LogP contribution is 2.31. The van der Waals surface area contributed by atoms with Crippen LogP contribution in [0.3, 0.4) is 0 Å². The van der Waals surface area contributed by atoms with Crippen molar-refractivity contribution in [3.8, 4) is 23.0 Å². The summed E-state index contributed by atoms with van der Waals surface area (Å²) in [7, 11) is 3.16. The number of methoxy groups -OCH3 is 2. The minimum absolute atomic E-state index is 0.414. The van der Waals surface area contributed by atoms with Crippen molar-refractivity contribution < 1.29 is 9.47 Å². The third kappa shape index (κ3) is 2.09. The van der Waals surface area contributed by atoms with Crippen LogP contribution in [-0.2, 0) is 0 Å². The van der Waals surface area contributed by atoms with Gasteiger partial charge in [0.1, 0.15) is 10.4 Å². The number of halogens is 1. The Morgan fingerprint density at radius 1 is 1.20 bits per heavy atom. The predicted octanol–water partition coefficient (Wildman–Crippen LogP) is 2.57. The van der Waals surface area contributed by atoms with Crippen molar-refractivity contribution in [1.29, 1.82) is 0 Å². The Labute approximate surface area is 123 Å². The van der Waals surface area contributed by atoms with Crippen molar-refractivity contribution in [2.24, 2.45) is 0 Å². The Kier molecular flexibility index (Phi) is 3.27. The number of pyridine rings is 1. The van der Waals surface area contributed by atoms with Crippen molar-refractivity contribution in [3.63, 3.8) is 0 Å². The molecule has 3 aromatic rings. The van der Waals surface area contributed by atoms with Gasteiger partial charge in [-0.3, -0.25) is 0 Å². The van der Waals surface area contributed by atoms with Crippen LogP contribution in [0, 0.1) is 0 Å². The van der Waals surface area contributed by atoms with Gasteiger partial charge in [0.05, 0.1) is 37.8 Å². The summed E-state index contributed by atoms with van der Waals surface area (Å²) in [5.41, 5.74) is 2.45. The highest BCUT2D eigenvalue weighted by molar-refractivity contribution is 9.10. The standard InChI is InChI=1S/C13H11BrN4O2/c1-19-11-7-15-12(14)6-9(11)10-5-8-3-4-16-18(8)13(17-10)20-2/h3-7H,1-2H3. The fourth-order valence-corrected chi connectivity index (χ4v) is 2.29. The summed E-state index contributed by atoms with van der Waals surface area (Å²) in [6.07, 6.45) is 3.34. The molecule has 3 rings (SSSR count). The van der Waals surface area contributed by atoms with E-state index in [1.807, 2.05) is 18.2 Å². The number of ether oxygens (including phenoxy) is 2. The molecule has 0 aliphatic heterocycles. The molecule has 3 aromatic heterocycles. The van der Waals surface area contributed by atoms with Crippen LogP contribution in [0.5, 0.6) is 11.8 Å². The number of hydrogen-bond donors (Lipinski definition) is 0. The van der Waals surface area contributed by atoms with Crippen LogP contribution in [0.1, 0.15) is 0 Å². The summed E-state index contributed by atoms with van der Waals surface area (Å²) < 4.78 is 12.9. The molecule has 0 N–H and O–H groups in total. The molecule has 0 amide bonds. The van der Waals surface area contributed by atoms with Crippen molar-refractivity contribution in [2.75, 3.05) is 14.2 Å². The first kappa shape index (κ1) is 12.9. The Hall–Kier alpha value is -2.15. The van der Waals surface area contributed by atoms with Gasteiger partial charge in [-0.25, -0.2) is 4.98 Å². The van der Waals surface area contributed by atoms with Crippen molar-refractivity contribution in [1.82, 2.24) is 19.6 Å². The molecule has 6 nitrogen and oxygen atoms in total. The quantitative estimate of drug-likeness (QED) is 0.689. The van der Waals surface area contributed by atoms with Crippen LogP contribution < -0.4 is 9.47 Å². The van der Waals surface area contributed by atoms with Crippen molar-refractivity contribution in [3.05, 3.63) is 35.2 Å². The summed E-state index contributed by atoms with van der Waals surface area (Å²) in [5, 5.41) is 4.16. The average molecular weight is 335 g/mol. The van der Waals surface area contributed by atoms with Gasteiger partial charge >= 0.3 is 6.01 Å². The van der Waals surface area contributed by atoms with E-state index in [4.69, 9.17) is 9.47 Å². The van der Waals surface area contributed by atoms with Crippen LogP contribution in [0.15, 0.2) is 35.2 Å². The Bertz CT molecular complexity index is 772. The van der Waals surface area contributed by atoms with E-state index >= 15 is 0 Å². The molecule has 7 heteroatoms. The third-order valence-electron chi connectivity index (χ3n) is 2.87. The summed E-state index contributed by atoms with van der Waals surface area (Å²) in [6, 6.07) is 6.07. The summed E-state index contributed by atoms with van der Waals surface area (Å²) in [6.45, 7) is 0. The Morgan fingerprint density at radius 2 is 2.05 bits per heavy atom. The van der Waals surface area contributed by atoms with Gasteiger partial charge in [-0.15, -0.1) is 0 Å². The minimum atomic E-state index is 0.414. The van der Waals surface area contributed by atoms with Crippen molar-refractivity contribution in [2.45, 2.75) is 0 Å². The molecule has 20 heavy (non-hydrogen) atoms. The van der Waals surface area contributed by atoms with Gasteiger partial charge in [0.25, 0.3) is 0 Å². The number of rotatable bonds is 3. The molecule has 102 valence electrons. The van der Waals surface area contributed by atoms with Crippen LogP contribution in [0.2, 0.25) is 0 Å². The molecule has 0 fully saturated rings. The number of aromatic nitrogens is 4. The highest BCUT2D eigenvalue weighted by Gasteiger charge is 2.13. The molecule has 0 saturated carbocycles. The van der Waals surface area contributed by atoms with E-state index in [0.29, 0.717) is 16.4 Å². The van der Waals surface area contributed by atoms with Crippen molar-refractivity contribution >= 4 is 21.4 Å². The maximum absolute atomic E-state index is 5.34. The zero-order chi connectivity index (χ0) is 14.1. The lowest BCUT2D eigenvalue weighted by Crippen LogP contribution is -2.01. The largest absolute Gasteiger partial charge is 0.494 e. The van der Waals surface area contributed by atoms with Crippen LogP contribution >= 0.6 is 15.9 Å². The maximum Gasteiger partial charge on any atom is 0.318 e. The molecule has 0 unspecified atom stereocenters. The monoisotopic (exact) mass is 334 g/mol.